The van der Waals surface area contributed by atoms with Gasteiger partial charge in [0.05, 0.1) is 18.6 Å². The molecule has 0 saturated heterocycles. The molecule has 0 fully saturated rings. The third-order valence-corrected chi connectivity index (χ3v) is 2.88. The van der Waals surface area contributed by atoms with Crippen molar-refractivity contribution in [3.8, 4) is 0 Å². The quantitative estimate of drug-likeness (QED) is 0.465. The minimum Gasteiger partial charge on any atom is -0.467 e. The van der Waals surface area contributed by atoms with Crippen LogP contribution >= 0.6 is 0 Å². The summed E-state index contributed by atoms with van der Waals surface area (Å²) in [6.07, 6.45) is 0. The minimum atomic E-state index is -1.85. The molecule has 0 aromatic heterocycles. The van der Waals surface area contributed by atoms with E-state index in [1.165, 1.54) is 25.1 Å². The maximum absolute atomic E-state index is 12.0. The van der Waals surface area contributed by atoms with Gasteiger partial charge in [0, 0.05) is 17.7 Å². The third-order valence-electron chi connectivity index (χ3n) is 2.88. The largest absolute Gasteiger partial charge is 0.467 e. The van der Waals surface area contributed by atoms with Crippen LogP contribution in [0.1, 0.15) is 22.8 Å². The lowest BCUT2D eigenvalue weighted by atomic mass is 10.1. The van der Waals surface area contributed by atoms with Crippen LogP contribution in [0.5, 0.6) is 0 Å². The molecule has 1 atom stereocenters. The van der Waals surface area contributed by atoms with Crippen LogP contribution in [-0.4, -0.2) is 41.2 Å². The highest BCUT2D eigenvalue weighted by Crippen LogP contribution is 2.17. The van der Waals surface area contributed by atoms with Gasteiger partial charge in [-0.15, -0.1) is 0 Å². The number of aryl methyl sites for hydroxylation is 1. The average molecular weight is 296 g/mol. The second-order valence-electron chi connectivity index (χ2n) is 4.70. The summed E-state index contributed by atoms with van der Waals surface area (Å²) < 4.78 is 4.40. The lowest BCUT2D eigenvalue weighted by Crippen LogP contribution is -2.47. The van der Waals surface area contributed by atoms with Crippen LogP contribution < -0.4 is 5.32 Å². The summed E-state index contributed by atoms with van der Waals surface area (Å²) in [6.45, 7) is 2.43. The van der Waals surface area contributed by atoms with Crippen LogP contribution in [0.15, 0.2) is 18.2 Å². The van der Waals surface area contributed by atoms with Crippen LogP contribution in [0, 0.1) is 17.0 Å². The van der Waals surface area contributed by atoms with Crippen molar-refractivity contribution >= 4 is 17.6 Å². The topological polar surface area (TPSA) is 119 Å². The number of methoxy groups -OCH3 is 1. The van der Waals surface area contributed by atoms with Crippen LogP contribution in [0.2, 0.25) is 0 Å². The van der Waals surface area contributed by atoms with Gasteiger partial charge in [0.1, 0.15) is 0 Å². The average Bonchev–Trinajstić information content (AvgIpc) is 2.43. The molecule has 1 aromatic rings. The summed E-state index contributed by atoms with van der Waals surface area (Å²) in [5, 5.41) is 22.8. The third kappa shape index (κ3) is 3.99. The van der Waals surface area contributed by atoms with Gasteiger partial charge >= 0.3 is 5.97 Å². The first-order valence-electron chi connectivity index (χ1n) is 6.03. The Hall–Kier alpha value is -2.48. The smallest absolute Gasteiger partial charge is 0.339 e. The van der Waals surface area contributed by atoms with Crippen molar-refractivity contribution in [1.29, 1.82) is 0 Å². The number of amides is 1. The number of benzene rings is 1. The number of esters is 1. The molecule has 0 aliphatic carbocycles. The van der Waals surface area contributed by atoms with Gasteiger partial charge in [0.2, 0.25) is 0 Å². The number of ether oxygens (including phenoxy) is 1. The summed E-state index contributed by atoms with van der Waals surface area (Å²) in [7, 11) is 1.12. The van der Waals surface area contributed by atoms with Gasteiger partial charge in [-0.3, -0.25) is 14.9 Å². The summed E-state index contributed by atoms with van der Waals surface area (Å²) in [4.78, 5) is 33.3. The van der Waals surface area contributed by atoms with Crippen LogP contribution in [0.3, 0.4) is 0 Å². The summed E-state index contributed by atoms with van der Waals surface area (Å²) in [5.41, 5.74) is -1.33. The normalized spacial score (nSPS) is 13.1. The predicted molar refractivity (Wildman–Crippen MR) is 72.8 cm³/mol. The Labute approximate surface area is 120 Å². The Morgan fingerprint density at radius 3 is 2.57 bits per heavy atom. The fourth-order valence-corrected chi connectivity index (χ4v) is 1.66. The molecule has 1 aromatic carbocycles. The number of aliphatic hydroxyl groups is 1. The summed E-state index contributed by atoms with van der Waals surface area (Å²) in [6, 6.07) is 3.80. The van der Waals surface area contributed by atoms with Gasteiger partial charge in [-0.05, 0) is 25.5 Å². The molecule has 8 heteroatoms. The van der Waals surface area contributed by atoms with E-state index < -0.39 is 22.4 Å². The number of carbonyl (C=O) groups is 2. The summed E-state index contributed by atoms with van der Waals surface area (Å²) in [5.74, 6) is -1.42. The highest BCUT2D eigenvalue weighted by molar-refractivity contribution is 5.96. The van der Waals surface area contributed by atoms with E-state index in [1.54, 1.807) is 6.92 Å². The first kappa shape index (κ1) is 16.6. The van der Waals surface area contributed by atoms with Crippen LogP contribution in [-0.2, 0) is 9.53 Å². The van der Waals surface area contributed by atoms with Crippen molar-refractivity contribution in [2.24, 2.45) is 0 Å². The highest BCUT2D eigenvalue weighted by Gasteiger charge is 2.32. The van der Waals surface area contributed by atoms with Gasteiger partial charge in [0.15, 0.2) is 5.60 Å². The molecular formula is C13H16N2O6. The molecule has 0 heterocycles. The first-order chi connectivity index (χ1) is 9.69. The molecular weight excluding hydrogens is 280 g/mol. The number of carbonyl (C=O) groups excluding carboxylic acids is 2. The fraction of sp³-hybridized carbons (Fsp3) is 0.385. The predicted octanol–water partition coefficient (Wildman–Crippen LogP) is 0.557. The van der Waals surface area contributed by atoms with E-state index >= 15 is 0 Å². The molecule has 114 valence electrons. The van der Waals surface area contributed by atoms with Crippen molar-refractivity contribution in [3.05, 3.63) is 39.4 Å². The SMILES string of the molecule is COC(=O)[C@@](C)(O)CNC(=O)c1ccc([N+](=O)[O-])cc1C. The number of hydrogen-bond donors (Lipinski definition) is 2. The van der Waals surface area contributed by atoms with E-state index in [1.807, 2.05) is 0 Å². The molecule has 1 rings (SSSR count). The standard InChI is InChI=1S/C13H16N2O6/c1-8-6-9(15(19)20)4-5-10(8)11(16)14-7-13(2,18)12(17)21-3/h4-6,18H,7H2,1-3H3,(H,14,16)/t13-/m0/s1. The van der Waals surface area contributed by atoms with E-state index in [4.69, 9.17) is 0 Å². The van der Waals surface area contributed by atoms with Crippen molar-refractivity contribution in [2.75, 3.05) is 13.7 Å². The van der Waals surface area contributed by atoms with Crippen LogP contribution in [0.4, 0.5) is 5.69 Å². The zero-order chi connectivity index (χ0) is 16.2. The first-order valence-corrected chi connectivity index (χ1v) is 6.03. The van der Waals surface area contributed by atoms with Gasteiger partial charge in [0.25, 0.3) is 11.6 Å². The molecule has 0 radical (unpaired) electrons. The van der Waals surface area contributed by atoms with E-state index in [0.29, 0.717) is 5.56 Å². The Morgan fingerprint density at radius 1 is 1.48 bits per heavy atom. The number of nitro groups is 1. The lowest BCUT2D eigenvalue weighted by Gasteiger charge is -2.20. The van der Waals surface area contributed by atoms with Gasteiger partial charge < -0.3 is 15.2 Å². The second-order valence-corrected chi connectivity index (χ2v) is 4.70. The Balaban J connectivity index is 2.82. The zero-order valence-electron chi connectivity index (χ0n) is 11.9. The number of nitro benzene ring substituents is 1. The molecule has 0 aliphatic heterocycles. The lowest BCUT2D eigenvalue weighted by molar-refractivity contribution is -0.384. The Bertz CT molecular complexity index is 582. The number of nitrogens with zero attached hydrogens (tertiary/aromatic N) is 1. The van der Waals surface area contributed by atoms with Crippen molar-refractivity contribution in [1.82, 2.24) is 5.32 Å². The Morgan fingerprint density at radius 2 is 2.10 bits per heavy atom. The number of rotatable bonds is 5. The molecule has 8 nitrogen and oxygen atoms in total. The monoisotopic (exact) mass is 296 g/mol. The van der Waals surface area contributed by atoms with Crippen LogP contribution in [0.25, 0.3) is 0 Å². The zero-order valence-corrected chi connectivity index (χ0v) is 11.9. The van der Waals surface area contributed by atoms with Crippen molar-refractivity contribution in [3.63, 3.8) is 0 Å². The minimum absolute atomic E-state index is 0.120. The maximum Gasteiger partial charge on any atom is 0.339 e. The molecule has 0 bridgehead atoms. The molecule has 1 amide bonds. The van der Waals surface area contributed by atoms with E-state index in [0.717, 1.165) is 7.11 Å². The maximum atomic E-state index is 12.0. The fourth-order valence-electron chi connectivity index (χ4n) is 1.66. The van der Waals surface area contributed by atoms with Gasteiger partial charge in [-0.25, -0.2) is 4.79 Å². The van der Waals surface area contributed by atoms with Gasteiger partial charge in [-0.2, -0.15) is 0 Å². The van der Waals surface area contributed by atoms with E-state index in [9.17, 15) is 24.8 Å². The van der Waals surface area contributed by atoms with Crippen molar-refractivity contribution in [2.45, 2.75) is 19.4 Å². The van der Waals surface area contributed by atoms with E-state index in [-0.39, 0.29) is 17.8 Å². The molecule has 0 spiro atoms. The molecule has 21 heavy (non-hydrogen) atoms. The van der Waals surface area contributed by atoms with Gasteiger partial charge in [-0.1, -0.05) is 0 Å². The molecule has 0 aliphatic rings. The Kier molecular flexibility index (Phi) is 4.98. The molecule has 0 unspecified atom stereocenters. The van der Waals surface area contributed by atoms with E-state index in [2.05, 4.69) is 10.1 Å². The second kappa shape index (κ2) is 6.31. The highest BCUT2D eigenvalue weighted by atomic mass is 16.6. The number of non-ortho nitro benzene ring substituents is 1. The van der Waals surface area contributed by atoms with Crippen molar-refractivity contribution < 1.29 is 24.4 Å². The number of nitrogens with one attached hydrogen (secondary N) is 1. The molecule has 2 N–H and O–H groups in total. The summed E-state index contributed by atoms with van der Waals surface area (Å²) >= 11 is 0. The number of hydrogen-bond acceptors (Lipinski definition) is 6. The molecule has 0 saturated carbocycles.